The zero-order chi connectivity index (χ0) is 21.9. The van der Waals surface area contributed by atoms with Crippen LogP contribution in [0.15, 0.2) is 54.6 Å². The van der Waals surface area contributed by atoms with E-state index in [-0.39, 0.29) is 24.5 Å². The minimum Gasteiger partial charge on any atom is -0.484 e. The number of hydrogen-bond donors (Lipinski definition) is 1. The van der Waals surface area contributed by atoms with E-state index in [0.717, 1.165) is 12.0 Å². The van der Waals surface area contributed by atoms with Crippen molar-refractivity contribution in [1.29, 1.82) is 0 Å². The molecule has 0 spiro atoms. The number of halogens is 1. The molecule has 2 aromatic rings. The Morgan fingerprint density at radius 3 is 2.43 bits per heavy atom. The van der Waals surface area contributed by atoms with Crippen molar-refractivity contribution in [2.75, 3.05) is 13.2 Å². The van der Waals surface area contributed by atoms with Gasteiger partial charge in [0, 0.05) is 17.6 Å². The Kier molecular flexibility index (Phi) is 9.68. The Bertz CT molecular complexity index is 813. The van der Waals surface area contributed by atoms with Gasteiger partial charge < -0.3 is 15.0 Å². The van der Waals surface area contributed by atoms with Crippen LogP contribution in [0.25, 0.3) is 0 Å². The summed E-state index contributed by atoms with van der Waals surface area (Å²) < 4.78 is 5.65. The van der Waals surface area contributed by atoms with Gasteiger partial charge in [0.25, 0.3) is 5.91 Å². The van der Waals surface area contributed by atoms with Crippen molar-refractivity contribution in [3.8, 4) is 5.75 Å². The first-order chi connectivity index (χ1) is 14.4. The molecule has 0 fully saturated rings. The largest absolute Gasteiger partial charge is 0.484 e. The number of benzene rings is 2. The third-order valence-corrected chi connectivity index (χ3v) is 5.26. The van der Waals surface area contributed by atoms with Gasteiger partial charge in [-0.25, -0.2) is 0 Å². The van der Waals surface area contributed by atoms with E-state index in [9.17, 15) is 9.59 Å². The molecule has 30 heavy (non-hydrogen) atoms. The maximum Gasteiger partial charge on any atom is 0.261 e. The van der Waals surface area contributed by atoms with Gasteiger partial charge in [-0.2, -0.15) is 0 Å². The molecule has 6 heteroatoms. The molecular weight excluding hydrogens is 400 g/mol. The molecule has 2 amide bonds. The Balaban J connectivity index is 2.13. The van der Waals surface area contributed by atoms with E-state index < -0.39 is 6.04 Å². The van der Waals surface area contributed by atoms with E-state index in [1.807, 2.05) is 51.1 Å². The average molecular weight is 431 g/mol. The van der Waals surface area contributed by atoms with Gasteiger partial charge in [0.15, 0.2) is 6.61 Å². The third kappa shape index (κ3) is 7.38. The molecule has 0 heterocycles. The van der Waals surface area contributed by atoms with Gasteiger partial charge in [0.2, 0.25) is 5.91 Å². The van der Waals surface area contributed by atoms with Gasteiger partial charge in [0.05, 0.1) is 0 Å². The Labute approximate surface area is 184 Å². The van der Waals surface area contributed by atoms with Crippen LogP contribution in [0.3, 0.4) is 0 Å². The van der Waals surface area contributed by atoms with Crippen LogP contribution in [0.1, 0.15) is 39.2 Å². The molecule has 0 saturated carbocycles. The van der Waals surface area contributed by atoms with Crippen LogP contribution in [0, 0.1) is 0 Å². The minimum atomic E-state index is -0.543. The maximum absolute atomic E-state index is 13.1. The lowest BCUT2D eigenvalue weighted by Crippen LogP contribution is -2.52. The molecule has 5 nitrogen and oxygen atoms in total. The van der Waals surface area contributed by atoms with Crippen LogP contribution in [-0.4, -0.2) is 41.9 Å². The van der Waals surface area contributed by atoms with E-state index in [0.29, 0.717) is 30.2 Å². The second-order valence-electron chi connectivity index (χ2n) is 7.31. The summed E-state index contributed by atoms with van der Waals surface area (Å²) in [7, 11) is 0. The summed E-state index contributed by atoms with van der Waals surface area (Å²) in [6, 6.07) is 16.4. The Morgan fingerprint density at radius 2 is 1.80 bits per heavy atom. The fraction of sp³-hybridized carbons (Fsp3) is 0.417. The summed E-state index contributed by atoms with van der Waals surface area (Å²) in [5.74, 6) is 0.170. The standard InChI is InChI=1S/C24H31ClN2O3/c1-4-18(3)26-24(29)22(5-2)27(15-14-19-10-7-6-8-11-19)23(28)17-30-21-13-9-12-20(25)16-21/h6-13,16,18,22H,4-5,14-15,17H2,1-3H3,(H,26,29)/t18-,22-/m0/s1. The minimum absolute atomic E-state index is 0.0559. The first-order valence-corrected chi connectivity index (χ1v) is 10.8. The topological polar surface area (TPSA) is 58.6 Å². The summed E-state index contributed by atoms with van der Waals surface area (Å²) in [6.45, 7) is 6.18. The molecule has 0 aliphatic carbocycles. The molecule has 2 aromatic carbocycles. The second-order valence-corrected chi connectivity index (χ2v) is 7.75. The van der Waals surface area contributed by atoms with Crippen LogP contribution in [0.2, 0.25) is 5.02 Å². The van der Waals surface area contributed by atoms with Crippen LogP contribution >= 0.6 is 11.6 Å². The summed E-state index contributed by atoms with van der Waals surface area (Å²) in [5, 5.41) is 3.55. The summed E-state index contributed by atoms with van der Waals surface area (Å²) >= 11 is 5.99. The van der Waals surface area contributed by atoms with E-state index in [4.69, 9.17) is 16.3 Å². The van der Waals surface area contributed by atoms with Gasteiger partial charge in [-0.3, -0.25) is 9.59 Å². The number of amides is 2. The molecule has 162 valence electrons. The molecule has 2 rings (SSSR count). The molecule has 0 aliphatic heterocycles. The van der Waals surface area contributed by atoms with E-state index in [2.05, 4.69) is 5.32 Å². The highest BCUT2D eigenvalue weighted by atomic mass is 35.5. The first-order valence-electron chi connectivity index (χ1n) is 10.5. The quantitative estimate of drug-likeness (QED) is 0.571. The third-order valence-electron chi connectivity index (χ3n) is 5.03. The highest BCUT2D eigenvalue weighted by Crippen LogP contribution is 2.17. The van der Waals surface area contributed by atoms with E-state index in [1.165, 1.54) is 0 Å². The number of carbonyl (C=O) groups excluding carboxylic acids is 2. The van der Waals surface area contributed by atoms with Crippen LogP contribution in [-0.2, 0) is 16.0 Å². The van der Waals surface area contributed by atoms with Crippen molar-refractivity contribution >= 4 is 23.4 Å². The molecule has 0 aliphatic rings. The highest BCUT2D eigenvalue weighted by Gasteiger charge is 2.29. The SMILES string of the molecule is CC[C@H](C)NC(=O)[C@H](CC)N(CCc1ccccc1)C(=O)COc1cccc(Cl)c1. The number of ether oxygens (including phenoxy) is 1. The maximum atomic E-state index is 13.1. The molecule has 0 radical (unpaired) electrons. The zero-order valence-electron chi connectivity index (χ0n) is 17.9. The molecule has 0 aromatic heterocycles. The van der Waals surface area contributed by atoms with Crippen LogP contribution < -0.4 is 10.1 Å². The molecule has 0 unspecified atom stereocenters. The summed E-state index contributed by atoms with van der Waals surface area (Å²) in [6.07, 6.45) is 2.02. The first kappa shape index (κ1) is 23.7. The van der Waals surface area contributed by atoms with Crippen molar-refractivity contribution in [2.45, 2.75) is 52.1 Å². The number of nitrogens with one attached hydrogen (secondary N) is 1. The normalized spacial score (nSPS) is 12.7. The monoisotopic (exact) mass is 430 g/mol. The van der Waals surface area contributed by atoms with Crippen LogP contribution in [0.4, 0.5) is 0 Å². The number of nitrogens with zero attached hydrogens (tertiary/aromatic N) is 1. The summed E-state index contributed by atoms with van der Waals surface area (Å²) in [4.78, 5) is 27.6. The van der Waals surface area contributed by atoms with Crippen molar-refractivity contribution in [3.63, 3.8) is 0 Å². The fourth-order valence-electron chi connectivity index (χ4n) is 3.12. The number of carbonyl (C=O) groups is 2. The predicted octanol–water partition coefficient (Wildman–Crippen LogP) is 4.48. The van der Waals surface area contributed by atoms with Gasteiger partial charge in [0.1, 0.15) is 11.8 Å². The van der Waals surface area contributed by atoms with Crippen LogP contribution in [0.5, 0.6) is 5.75 Å². The Morgan fingerprint density at radius 1 is 1.07 bits per heavy atom. The van der Waals surface area contributed by atoms with Gasteiger partial charge in [-0.1, -0.05) is 61.8 Å². The molecular formula is C24H31ClN2O3. The van der Waals surface area contributed by atoms with Gasteiger partial charge in [-0.15, -0.1) is 0 Å². The van der Waals surface area contributed by atoms with Crippen molar-refractivity contribution in [1.82, 2.24) is 10.2 Å². The lowest BCUT2D eigenvalue weighted by atomic mass is 10.1. The predicted molar refractivity (Wildman–Crippen MR) is 121 cm³/mol. The smallest absolute Gasteiger partial charge is 0.261 e. The summed E-state index contributed by atoms with van der Waals surface area (Å²) in [5.41, 5.74) is 1.11. The highest BCUT2D eigenvalue weighted by molar-refractivity contribution is 6.30. The van der Waals surface area contributed by atoms with Gasteiger partial charge in [-0.05, 0) is 49.9 Å². The lowest BCUT2D eigenvalue weighted by Gasteiger charge is -2.31. The van der Waals surface area contributed by atoms with Crippen molar-refractivity contribution in [3.05, 3.63) is 65.2 Å². The fourth-order valence-corrected chi connectivity index (χ4v) is 3.30. The molecule has 2 atom stereocenters. The second kappa shape index (κ2) is 12.2. The number of hydrogen-bond acceptors (Lipinski definition) is 3. The molecule has 1 N–H and O–H groups in total. The van der Waals surface area contributed by atoms with E-state index >= 15 is 0 Å². The van der Waals surface area contributed by atoms with Crippen molar-refractivity contribution in [2.24, 2.45) is 0 Å². The van der Waals surface area contributed by atoms with E-state index in [1.54, 1.807) is 29.2 Å². The van der Waals surface area contributed by atoms with Crippen molar-refractivity contribution < 1.29 is 14.3 Å². The molecule has 0 bridgehead atoms. The zero-order valence-corrected chi connectivity index (χ0v) is 18.7. The number of rotatable bonds is 11. The van der Waals surface area contributed by atoms with Gasteiger partial charge >= 0.3 is 0 Å². The Hall–Kier alpha value is -2.53. The lowest BCUT2D eigenvalue weighted by molar-refractivity contribution is -0.142. The average Bonchev–Trinajstić information content (AvgIpc) is 2.75. The molecule has 0 saturated heterocycles.